The van der Waals surface area contributed by atoms with E-state index in [9.17, 15) is 27.2 Å². The number of nitrogens with zero attached hydrogens (tertiary/aromatic N) is 1. The van der Waals surface area contributed by atoms with Crippen molar-refractivity contribution < 1.29 is 32.3 Å². The number of carbonyl (C=O) groups is 2. The van der Waals surface area contributed by atoms with Crippen LogP contribution >= 0.6 is 0 Å². The van der Waals surface area contributed by atoms with Gasteiger partial charge in [-0.25, -0.2) is 4.39 Å². The monoisotopic (exact) mass is 318 g/mol. The Morgan fingerprint density at radius 1 is 1.18 bits per heavy atom. The van der Waals surface area contributed by atoms with Crippen LogP contribution in [0.3, 0.4) is 0 Å². The van der Waals surface area contributed by atoms with Crippen molar-refractivity contribution >= 4 is 17.5 Å². The average Bonchev–Trinajstić information content (AvgIpc) is 2.65. The fourth-order valence-corrected chi connectivity index (χ4v) is 1.89. The van der Waals surface area contributed by atoms with E-state index in [4.69, 9.17) is 5.11 Å². The predicted octanol–water partition coefficient (Wildman–Crippen LogP) is 1.50. The number of hydrogen-bond donors (Lipinski definition) is 2. The first kappa shape index (κ1) is 16.0. The molecule has 1 aromatic rings. The van der Waals surface area contributed by atoms with Crippen LogP contribution < -0.4 is 5.32 Å². The highest BCUT2D eigenvalue weighted by molar-refractivity contribution is 6.17. The molecule has 0 aromatic heterocycles. The topological polar surface area (TPSA) is 69.6 Å². The Labute approximate surface area is 121 Å². The van der Waals surface area contributed by atoms with Crippen molar-refractivity contribution in [2.24, 2.45) is 0 Å². The molecule has 1 aliphatic heterocycles. The van der Waals surface area contributed by atoms with E-state index in [1.807, 2.05) is 0 Å². The summed E-state index contributed by atoms with van der Waals surface area (Å²) in [4.78, 5) is 24.0. The second-order valence-electron chi connectivity index (χ2n) is 4.43. The number of rotatable bonds is 4. The first-order valence-corrected chi connectivity index (χ1v) is 6.05. The number of aliphatic hydroxyl groups is 1. The summed E-state index contributed by atoms with van der Waals surface area (Å²) in [5, 5.41) is 11.0. The Hall–Kier alpha value is -2.42. The maximum Gasteiger partial charge on any atom is 0.416 e. The molecule has 0 bridgehead atoms. The lowest BCUT2D eigenvalue weighted by Crippen LogP contribution is -2.34. The van der Waals surface area contributed by atoms with Gasteiger partial charge in [0.1, 0.15) is 11.5 Å². The molecule has 0 radical (unpaired) electrons. The summed E-state index contributed by atoms with van der Waals surface area (Å²) in [6.07, 6.45) is -3.87. The Kier molecular flexibility index (Phi) is 4.18. The fourth-order valence-electron chi connectivity index (χ4n) is 1.89. The third-order valence-corrected chi connectivity index (χ3v) is 2.84. The molecule has 0 fully saturated rings. The molecule has 0 saturated heterocycles. The van der Waals surface area contributed by atoms with Crippen LogP contribution in [-0.4, -0.2) is 35.0 Å². The molecular weight excluding hydrogens is 308 g/mol. The molecule has 2 amide bonds. The van der Waals surface area contributed by atoms with Gasteiger partial charge in [-0.2, -0.15) is 13.2 Å². The quantitative estimate of drug-likeness (QED) is 0.652. The molecule has 22 heavy (non-hydrogen) atoms. The van der Waals surface area contributed by atoms with Crippen LogP contribution in [0.1, 0.15) is 5.56 Å². The maximum atomic E-state index is 13.2. The van der Waals surface area contributed by atoms with Crippen molar-refractivity contribution in [1.82, 2.24) is 4.90 Å². The van der Waals surface area contributed by atoms with Gasteiger partial charge in [-0.15, -0.1) is 0 Å². The smallest absolute Gasteiger partial charge is 0.395 e. The van der Waals surface area contributed by atoms with E-state index in [-0.39, 0.29) is 17.9 Å². The lowest BCUT2D eigenvalue weighted by Gasteiger charge is -2.14. The van der Waals surface area contributed by atoms with Gasteiger partial charge in [-0.05, 0) is 18.2 Å². The summed E-state index contributed by atoms with van der Waals surface area (Å²) < 4.78 is 51.0. The van der Waals surface area contributed by atoms with Gasteiger partial charge in [0.05, 0.1) is 18.7 Å². The number of aliphatic hydroxyl groups excluding tert-OH is 1. The van der Waals surface area contributed by atoms with E-state index >= 15 is 0 Å². The Morgan fingerprint density at radius 3 is 2.45 bits per heavy atom. The molecule has 0 atom stereocenters. The second-order valence-corrected chi connectivity index (χ2v) is 4.43. The normalized spacial score (nSPS) is 15.3. The highest BCUT2D eigenvalue weighted by atomic mass is 19.4. The number of β-amino-alcohol motifs (C(OH)–C–C–N with tert-alkyl or cyclic N) is 1. The molecule has 1 aliphatic rings. The van der Waals surface area contributed by atoms with Gasteiger partial charge in [-0.3, -0.25) is 14.5 Å². The minimum atomic E-state index is -4.74. The predicted molar refractivity (Wildman–Crippen MR) is 66.9 cm³/mol. The molecule has 0 unspecified atom stereocenters. The molecule has 1 aromatic carbocycles. The number of halogens is 4. The minimum Gasteiger partial charge on any atom is -0.395 e. The summed E-state index contributed by atoms with van der Waals surface area (Å²) in [6.45, 7) is -0.687. The van der Waals surface area contributed by atoms with E-state index in [1.54, 1.807) is 0 Å². The molecule has 0 spiro atoms. The number of nitrogens with one attached hydrogen (secondary N) is 1. The second kappa shape index (κ2) is 5.76. The SMILES string of the molecule is O=C1C=C(Nc2cc(F)cc(C(F)(F)F)c2)C(=O)N1CCO. The fraction of sp³-hybridized carbons (Fsp3) is 0.231. The Morgan fingerprint density at radius 2 is 1.86 bits per heavy atom. The van der Waals surface area contributed by atoms with Gasteiger partial charge in [0, 0.05) is 11.8 Å². The standard InChI is InChI=1S/C13H10F4N2O3/c14-8-3-7(13(15,16)17)4-9(5-8)18-10-6-11(21)19(1-2-20)12(10)22/h3-6,18,20H,1-2H2. The van der Waals surface area contributed by atoms with Gasteiger partial charge < -0.3 is 10.4 Å². The number of alkyl halides is 3. The summed E-state index contributed by atoms with van der Waals surface area (Å²) in [6, 6.07) is 1.71. The van der Waals surface area contributed by atoms with Crippen LogP contribution in [0.5, 0.6) is 0 Å². The van der Waals surface area contributed by atoms with Crippen molar-refractivity contribution in [3.8, 4) is 0 Å². The van der Waals surface area contributed by atoms with E-state index in [2.05, 4.69) is 5.32 Å². The molecule has 9 heteroatoms. The van der Waals surface area contributed by atoms with Crippen molar-refractivity contribution in [1.29, 1.82) is 0 Å². The summed E-state index contributed by atoms with van der Waals surface area (Å²) in [5.74, 6) is -2.66. The largest absolute Gasteiger partial charge is 0.416 e. The van der Waals surface area contributed by atoms with Crippen molar-refractivity contribution in [3.63, 3.8) is 0 Å². The molecule has 5 nitrogen and oxygen atoms in total. The van der Waals surface area contributed by atoms with Gasteiger partial charge in [0.2, 0.25) is 0 Å². The van der Waals surface area contributed by atoms with Gasteiger partial charge in [0.15, 0.2) is 0 Å². The molecule has 2 rings (SSSR count). The molecule has 118 valence electrons. The van der Waals surface area contributed by atoms with Crippen LogP contribution in [-0.2, 0) is 15.8 Å². The number of carbonyl (C=O) groups excluding carboxylic acids is 2. The average molecular weight is 318 g/mol. The van der Waals surface area contributed by atoms with Crippen LogP contribution in [0.15, 0.2) is 30.0 Å². The van der Waals surface area contributed by atoms with E-state index < -0.39 is 36.0 Å². The first-order chi connectivity index (χ1) is 10.2. The summed E-state index contributed by atoms with van der Waals surface area (Å²) >= 11 is 0. The van der Waals surface area contributed by atoms with E-state index in [0.29, 0.717) is 17.0 Å². The van der Waals surface area contributed by atoms with Crippen LogP contribution in [0.4, 0.5) is 23.2 Å². The number of amides is 2. The number of anilines is 1. The summed E-state index contributed by atoms with van der Waals surface area (Å²) in [5.41, 5.74) is -1.83. The zero-order valence-electron chi connectivity index (χ0n) is 10.9. The first-order valence-electron chi connectivity index (χ1n) is 6.05. The third-order valence-electron chi connectivity index (χ3n) is 2.84. The van der Waals surface area contributed by atoms with Crippen molar-refractivity contribution in [2.45, 2.75) is 6.18 Å². The van der Waals surface area contributed by atoms with Crippen LogP contribution in [0, 0.1) is 5.82 Å². The highest BCUT2D eigenvalue weighted by Crippen LogP contribution is 2.32. The molecule has 2 N–H and O–H groups in total. The zero-order chi connectivity index (χ0) is 16.5. The van der Waals surface area contributed by atoms with Crippen LogP contribution in [0.25, 0.3) is 0 Å². The van der Waals surface area contributed by atoms with Gasteiger partial charge >= 0.3 is 6.18 Å². The van der Waals surface area contributed by atoms with Crippen molar-refractivity contribution in [2.75, 3.05) is 18.5 Å². The highest BCUT2D eigenvalue weighted by Gasteiger charge is 2.33. The number of hydrogen-bond acceptors (Lipinski definition) is 4. The maximum absolute atomic E-state index is 13.2. The molecule has 0 aliphatic carbocycles. The molecular formula is C13H10F4N2O3. The lowest BCUT2D eigenvalue weighted by atomic mass is 10.2. The van der Waals surface area contributed by atoms with E-state index in [0.717, 1.165) is 12.1 Å². The van der Waals surface area contributed by atoms with Crippen molar-refractivity contribution in [3.05, 3.63) is 41.4 Å². The lowest BCUT2D eigenvalue weighted by molar-refractivity contribution is -0.138. The number of benzene rings is 1. The van der Waals surface area contributed by atoms with Crippen LogP contribution in [0.2, 0.25) is 0 Å². The number of imide groups is 1. The van der Waals surface area contributed by atoms with Gasteiger partial charge in [-0.1, -0.05) is 0 Å². The Balaban J connectivity index is 2.25. The summed E-state index contributed by atoms with van der Waals surface area (Å²) in [7, 11) is 0. The third kappa shape index (κ3) is 3.25. The molecule has 1 heterocycles. The zero-order valence-corrected chi connectivity index (χ0v) is 10.9. The Bertz CT molecular complexity index is 655. The minimum absolute atomic E-state index is 0.240. The molecule has 0 saturated carbocycles. The van der Waals surface area contributed by atoms with E-state index in [1.165, 1.54) is 0 Å². The van der Waals surface area contributed by atoms with Gasteiger partial charge in [0.25, 0.3) is 11.8 Å².